The molecular formula is C21H30N2O5. The highest BCUT2D eigenvalue weighted by atomic mass is 16.5. The van der Waals surface area contributed by atoms with E-state index in [9.17, 15) is 9.59 Å². The molecule has 1 heterocycles. The Morgan fingerprint density at radius 2 is 1.96 bits per heavy atom. The molecule has 1 aromatic carbocycles. The molecule has 0 unspecified atom stereocenters. The van der Waals surface area contributed by atoms with Crippen LogP contribution in [0.1, 0.15) is 26.2 Å². The maximum absolute atomic E-state index is 12.6. The predicted octanol–water partition coefficient (Wildman–Crippen LogP) is 1.52. The number of rotatable bonds is 8. The standard InChI is InChI=1S/C21H30N2O5/c1-21(13-27-14-21)20(25)23-17-12-15(8-9-18(17)26-2)19(24)22-10-11-28-16-6-4-3-5-7-16/h3-7,15,17-18H,8-14H2,1-2H3,(H,22,24)(H,23,25)/t15-,17+,18+/m0/s1. The first-order valence-corrected chi connectivity index (χ1v) is 9.89. The van der Waals surface area contributed by atoms with Gasteiger partial charge in [-0.2, -0.15) is 0 Å². The maximum atomic E-state index is 12.6. The second kappa shape index (κ2) is 9.39. The van der Waals surface area contributed by atoms with Gasteiger partial charge in [-0.25, -0.2) is 0 Å². The van der Waals surface area contributed by atoms with Crippen LogP contribution in [0.2, 0.25) is 0 Å². The Morgan fingerprint density at radius 1 is 1.21 bits per heavy atom. The van der Waals surface area contributed by atoms with Gasteiger partial charge >= 0.3 is 0 Å². The van der Waals surface area contributed by atoms with Gasteiger partial charge in [-0.05, 0) is 38.3 Å². The summed E-state index contributed by atoms with van der Waals surface area (Å²) in [6.45, 7) is 3.64. The van der Waals surface area contributed by atoms with Crippen LogP contribution in [0, 0.1) is 11.3 Å². The van der Waals surface area contributed by atoms with Crippen molar-refractivity contribution in [3.8, 4) is 5.75 Å². The average Bonchev–Trinajstić information content (AvgIpc) is 2.69. The van der Waals surface area contributed by atoms with E-state index in [1.54, 1.807) is 7.11 Å². The monoisotopic (exact) mass is 390 g/mol. The Morgan fingerprint density at radius 3 is 2.61 bits per heavy atom. The van der Waals surface area contributed by atoms with Gasteiger partial charge in [-0.3, -0.25) is 9.59 Å². The molecule has 2 aliphatic rings. The van der Waals surface area contributed by atoms with Gasteiger partial charge in [0, 0.05) is 13.0 Å². The number of carbonyl (C=O) groups excluding carboxylic acids is 2. The fraction of sp³-hybridized carbons (Fsp3) is 0.619. The molecule has 1 aromatic rings. The second-order valence-electron chi connectivity index (χ2n) is 7.87. The van der Waals surface area contributed by atoms with Gasteiger partial charge in [0.2, 0.25) is 11.8 Å². The molecule has 0 radical (unpaired) electrons. The van der Waals surface area contributed by atoms with Crippen molar-refractivity contribution >= 4 is 11.8 Å². The highest BCUT2D eigenvalue weighted by Gasteiger charge is 2.43. The van der Waals surface area contributed by atoms with Crippen molar-refractivity contribution in [2.24, 2.45) is 11.3 Å². The Hall–Kier alpha value is -2.12. The number of benzene rings is 1. The van der Waals surface area contributed by atoms with Crippen LogP contribution in [0.5, 0.6) is 5.75 Å². The van der Waals surface area contributed by atoms with Crippen LogP contribution in [0.4, 0.5) is 0 Å². The smallest absolute Gasteiger partial charge is 0.230 e. The van der Waals surface area contributed by atoms with E-state index in [0.717, 1.165) is 18.6 Å². The van der Waals surface area contributed by atoms with E-state index < -0.39 is 5.41 Å². The molecular weight excluding hydrogens is 360 g/mol. The molecule has 0 bridgehead atoms. The summed E-state index contributed by atoms with van der Waals surface area (Å²) < 4.78 is 16.3. The van der Waals surface area contributed by atoms with Crippen LogP contribution < -0.4 is 15.4 Å². The van der Waals surface area contributed by atoms with Crippen molar-refractivity contribution < 1.29 is 23.8 Å². The first kappa shape index (κ1) is 20.6. The van der Waals surface area contributed by atoms with Crippen LogP contribution in [0.25, 0.3) is 0 Å². The van der Waals surface area contributed by atoms with Gasteiger partial charge in [-0.15, -0.1) is 0 Å². The van der Waals surface area contributed by atoms with Gasteiger partial charge < -0.3 is 24.8 Å². The van der Waals surface area contributed by atoms with Gasteiger partial charge in [0.25, 0.3) is 0 Å². The number of methoxy groups -OCH3 is 1. The number of nitrogens with one attached hydrogen (secondary N) is 2. The number of ether oxygens (including phenoxy) is 3. The summed E-state index contributed by atoms with van der Waals surface area (Å²) in [5.74, 6) is 0.624. The van der Waals surface area contributed by atoms with E-state index in [0.29, 0.717) is 32.8 Å². The summed E-state index contributed by atoms with van der Waals surface area (Å²) in [5.41, 5.74) is -0.470. The molecule has 2 N–H and O–H groups in total. The first-order chi connectivity index (χ1) is 13.5. The van der Waals surface area contributed by atoms with Gasteiger partial charge in [0.05, 0.1) is 37.3 Å². The lowest BCUT2D eigenvalue weighted by Gasteiger charge is -2.40. The highest BCUT2D eigenvalue weighted by molar-refractivity contribution is 5.84. The summed E-state index contributed by atoms with van der Waals surface area (Å²) in [6.07, 6.45) is 2.00. The fourth-order valence-electron chi connectivity index (χ4n) is 3.70. The number of amides is 2. The molecule has 1 aliphatic carbocycles. The Bertz CT molecular complexity index is 662. The molecule has 2 amide bonds. The van der Waals surface area contributed by atoms with Crippen molar-refractivity contribution in [2.75, 3.05) is 33.5 Å². The summed E-state index contributed by atoms with van der Waals surface area (Å²) in [4.78, 5) is 25.1. The number of hydrogen-bond acceptors (Lipinski definition) is 5. The summed E-state index contributed by atoms with van der Waals surface area (Å²) >= 11 is 0. The van der Waals surface area contributed by atoms with E-state index in [4.69, 9.17) is 14.2 Å². The SMILES string of the molecule is CO[C@@H]1CC[C@H](C(=O)NCCOc2ccccc2)C[C@H]1NC(=O)C1(C)COC1. The fourth-order valence-corrected chi connectivity index (χ4v) is 3.70. The minimum atomic E-state index is -0.470. The zero-order valence-corrected chi connectivity index (χ0v) is 16.6. The number of para-hydroxylation sites is 1. The van der Waals surface area contributed by atoms with Crippen molar-refractivity contribution in [3.05, 3.63) is 30.3 Å². The third-order valence-corrected chi connectivity index (χ3v) is 5.58. The highest BCUT2D eigenvalue weighted by Crippen LogP contribution is 2.30. The Kier molecular flexibility index (Phi) is 6.91. The average molecular weight is 390 g/mol. The minimum absolute atomic E-state index is 0.00338. The van der Waals surface area contributed by atoms with Crippen molar-refractivity contribution in [1.82, 2.24) is 10.6 Å². The molecule has 3 atom stereocenters. The normalized spacial score (nSPS) is 26.0. The lowest BCUT2D eigenvalue weighted by atomic mass is 9.81. The lowest BCUT2D eigenvalue weighted by molar-refractivity contribution is -0.160. The molecule has 0 spiro atoms. The maximum Gasteiger partial charge on any atom is 0.230 e. The Labute approximate surface area is 166 Å². The molecule has 3 rings (SSSR count). The van der Waals surface area contributed by atoms with Crippen LogP contribution in [0.3, 0.4) is 0 Å². The minimum Gasteiger partial charge on any atom is -0.492 e. The lowest BCUT2D eigenvalue weighted by Crippen LogP contribution is -2.58. The third-order valence-electron chi connectivity index (χ3n) is 5.58. The van der Waals surface area contributed by atoms with E-state index >= 15 is 0 Å². The van der Waals surface area contributed by atoms with Gasteiger partial charge in [0.1, 0.15) is 12.4 Å². The van der Waals surface area contributed by atoms with E-state index in [2.05, 4.69) is 10.6 Å². The first-order valence-electron chi connectivity index (χ1n) is 9.89. The zero-order chi connectivity index (χ0) is 20.0. The van der Waals surface area contributed by atoms with Crippen molar-refractivity contribution in [2.45, 2.75) is 38.3 Å². The molecule has 7 heteroatoms. The molecule has 154 valence electrons. The summed E-state index contributed by atoms with van der Waals surface area (Å²) in [6, 6.07) is 9.35. The van der Waals surface area contributed by atoms with Crippen LogP contribution in [-0.2, 0) is 19.1 Å². The third kappa shape index (κ3) is 5.02. The summed E-state index contributed by atoms with van der Waals surface area (Å²) in [7, 11) is 1.65. The number of carbonyl (C=O) groups is 2. The molecule has 0 aromatic heterocycles. The largest absolute Gasteiger partial charge is 0.492 e. The zero-order valence-electron chi connectivity index (χ0n) is 16.6. The summed E-state index contributed by atoms with van der Waals surface area (Å²) in [5, 5.41) is 6.03. The van der Waals surface area contributed by atoms with Crippen LogP contribution in [0.15, 0.2) is 30.3 Å². The van der Waals surface area contributed by atoms with Gasteiger partial charge in [-0.1, -0.05) is 18.2 Å². The van der Waals surface area contributed by atoms with Gasteiger partial charge in [0.15, 0.2) is 0 Å². The molecule has 1 saturated heterocycles. The molecule has 2 fully saturated rings. The van der Waals surface area contributed by atoms with E-state index in [1.165, 1.54) is 0 Å². The molecule has 1 saturated carbocycles. The van der Waals surface area contributed by atoms with E-state index in [-0.39, 0.29) is 29.9 Å². The number of hydrogen-bond donors (Lipinski definition) is 2. The van der Waals surface area contributed by atoms with Crippen molar-refractivity contribution in [1.29, 1.82) is 0 Å². The van der Waals surface area contributed by atoms with Crippen LogP contribution >= 0.6 is 0 Å². The second-order valence-corrected chi connectivity index (χ2v) is 7.87. The quantitative estimate of drug-likeness (QED) is 0.658. The van der Waals surface area contributed by atoms with Crippen LogP contribution in [-0.4, -0.2) is 57.4 Å². The topological polar surface area (TPSA) is 85.9 Å². The molecule has 28 heavy (non-hydrogen) atoms. The Balaban J connectivity index is 1.45. The predicted molar refractivity (Wildman–Crippen MR) is 104 cm³/mol. The van der Waals surface area contributed by atoms with E-state index in [1.807, 2.05) is 37.3 Å². The molecule has 7 nitrogen and oxygen atoms in total. The van der Waals surface area contributed by atoms with Crippen molar-refractivity contribution in [3.63, 3.8) is 0 Å². The molecule has 1 aliphatic heterocycles.